The fraction of sp³-hybridized carbons (Fsp3) is 0.391. The van der Waals surface area contributed by atoms with E-state index in [9.17, 15) is 9.59 Å². The van der Waals surface area contributed by atoms with E-state index in [-0.39, 0.29) is 5.91 Å². The third-order valence-corrected chi connectivity index (χ3v) is 5.27. The zero-order valence-corrected chi connectivity index (χ0v) is 17.0. The Hall–Kier alpha value is -2.70. The molecule has 0 radical (unpaired) electrons. The minimum Gasteiger partial charge on any atom is -0.338 e. The molecule has 6 heteroatoms. The molecule has 2 aromatic rings. The van der Waals surface area contributed by atoms with Gasteiger partial charge in [-0.25, -0.2) is 4.79 Å². The molecule has 1 unspecified atom stereocenters. The molecular formula is C23H30N4O2. The number of carbonyl (C=O) groups is 2. The van der Waals surface area contributed by atoms with Crippen molar-refractivity contribution < 1.29 is 9.59 Å². The maximum absolute atomic E-state index is 12.9. The van der Waals surface area contributed by atoms with E-state index in [2.05, 4.69) is 44.7 Å². The average molecular weight is 395 g/mol. The van der Waals surface area contributed by atoms with Crippen LogP contribution in [0, 0.1) is 0 Å². The van der Waals surface area contributed by atoms with Crippen LogP contribution in [0.15, 0.2) is 60.7 Å². The molecule has 3 amide bonds. The number of hydrogen-bond acceptors (Lipinski definition) is 4. The zero-order chi connectivity index (χ0) is 20.5. The van der Waals surface area contributed by atoms with Gasteiger partial charge in [0.05, 0.1) is 0 Å². The molecule has 0 spiro atoms. The number of imide groups is 1. The summed E-state index contributed by atoms with van der Waals surface area (Å²) in [5, 5.41) is 5.12. The molecule has 0 aliphatic carbocycles. The van der Waals surface area contributed by atoms with Crippen molar-refractivity contribution in [2.75, 3.05) is 39.3 Å². The van der Waals surface area contributed by atoms with E-state index in [0.29, 0.717) is 6.54 Å². The fourth-order valence-electron chi connectivity index (χ4n) is 3.73. The molecule has 0 saturated carbocycles. The molecule has 2 N–H and O–H groups in total. The van der Waals surface area contributed by atoms with Crippen molar-refractivity contribution in [3.05, 3.63) is 71.8 Å². The second-order valence-electron chi connectivity index (χ2n) is 7.28. The number of piperazine rings is 1. The van der Waals surface area contributed by atoms with Crippen molar-refractivity contribution in [3.8, 4) is 0 Å². The first-order valence-corrected chi connectivity index (χ1v) is 10.3. The molecule has 0 bridgehead atoms. The van der Waals surface area contributed by atoms with E-state index in [1.165, 1.54) is 5.56 Å². The van der Waals surface area contributed by atoms with Gasteiger partial charge in [-0.05, 0) is 24.5 Å². The number of nitrogens with one attached hydrogen (secondary N) is 2. The van der Waals surface area contributed by atoms with Gasteiger partial charge in [0.25, 0.3) is 0 Å². The number of carbonyl (C=O) groups excluding carboxylic acids is 2. The van der Waals surface area contributed by atoms with Gasteiger partial charge in [-0.3, -0.25) is 15.0 Å². The van der Waals surface area contributed by atoms with Crippen LogP contribution in [0.4, 0.5) is 4.79 Å². The molecule has 1 atom stereocenters. The minimum absolute atomic E-state index is 0.278. The Bertz CT molecular complexity index is 774. The Kier molecular flexibility index (Phi) is 7.78. The normalized spacial score (nSPS) is 16.2. The Balaban J connectivity index is 1.60. The van der Waals surface area contributed by atoms with E-state index in [0.717, 1.165) is 44.7 Å². The quantitative estimate of drug-likeness (QED) is 0.757. The largest absolute Gasteiger partial charge is 0.338 e. The van der Waals surface area contributed by atoms with Crippen LogP contribution >= 0.6 is 0 Å². The van der Waals surface area contributed by atoms with Crippen LogP contribution in [0.2, 0.25) is 0 Å². The summed E-state index contributed by atoms with van der Waals surface area (Å²) in [6.45, 7) is 6.71. The van der Waals surface area contributed by atoms with E-state index < -0.39 is 12.1 Å². The van der Waals surface area contributed by atoms with E-state index in [4.69, 9.17) is 0 Å². The lowest BCUT2D eigenvalue weighted by Gasteiger charge is -2.38. The van der Waals surface area contributed by atoms with Gasteiger partial charge in [-0.15, -0.1) is 0 Å². The lowest BCUT2D eigenvalue weighted by molar-refractivity contribution is -0.126. The van der Waals surface area contributed by atoms with Crippen molar-refractivity contribution >= 4 is 11.9 Å². The van der Waals surface area contributed by atoms with Gasteiger partial charge in [0.1, 0.15) is 6.04 Å². The van der Waals surface area contributed by atoms with E-state index in [1.807, 2.05) is 43.3 Å². The summed E-state index contributed by atoms with van der Waals surface area (Å²) in [4.78, 5) is 29.4. The summed E-state index contributed by atoms with van der Waals surface area (Å²) in [6, 6.07) is 19.3. The monoisotopic (exact) mass is 394 g/mol. The fourth-order valence-corrected chi connectivity index (χ4v) is 3.73. The number of amides is 3. The predicted octanol–water partition coefficient (Wildman–Crippen LogP) is 2.43. The lowest BCUT2D eigenvalue weighted by Crippen LogP contribution is -2.52. The third kappa shape index (κ3) is 6.14. The van der Waals surface area contributed by atoms with Gasteiger partial charge >= 0.3 is 6.03 Å². The van der Waals surface area contributed by atoms with Gasteiger partial charge < -0.3 is 10.2 Å². The maximum Gasteiger partial charge on any atom is 0.321 e. The first-order valence-electron chi connectivity index (χ1n) is 10.3. The summed E-state index contributed by atoms with van der Waals surface area (Å²) >= 11 is 0. The molecule has 1 aliphatic heterocycles. The molecule has 1 saturated heterocycles. The number of hydrogen-bond donors (Lipinski definition) is 2. The molecule has 1 heterocycles. The highest BCUT2D eigenvalue weighted by Gasteiger charge is 2.31. The molecule has 29 heavy (non-hydrogen) atoms. The molecule has 1 fully saturated rings. The Morgan fingerprint density at radius 1 is 0.931 bits per heavy atom. The van der Waals surface area contributed by atoms with Gasteiger partial charge in [-0.1, -0.05) is 60.7 Å². The highest BCUT2D eigenvalue weighted by atomic mass is 16.2. The van der Waals surface area contributed by atoms with Gasteiger partial charge in [0.2, 0.25) is 5.91 Å². The van der Waals surface area contributed by atoms with Crippen molar-refractivity contribution in [2.24, 2.45) is 0 Å². The smallest absolute Gasteiger partial charge is 0.321 e. The minimum atomic E-state index is -0.463. The average Bonchev–Trinajstić information content (AvgIpc) is 2.75. The summed E-state index contributed by atoms with van der Waals surface area (Å²) in [7, 11) is 0. The SMILES string of the molecule is CCNC(=O)NC(=O)C(c1ccccc1)N1CCN(CCc2ccccc2)CC1. The second-order valence-corrected chi connectivity index (χ2v) is 7.28. The summed E-state index contributed by atoms with van der Waals surface area (Å²) in [5.41, 5.74) is 2.26. The maximum atomic E-state index is 12.9. The van der Waals surface area contributed by atoms with Crippen molar-refractivity contribution in [1.82, 2.24) is 20.4 Å². The topological polar surface area (TPSA) is 64.7 Å². The molecule has 1 aliphatic rings. The van der Waals surface area contributed by atoms with Crippen molar-refractivity contribution in [1.29, 1.82) is 0 Å². The number of urea groups is 1. The number of nitrogens with zero attached hydrogens (tertiary/aromatic N) is 2. The molecule has 3 rings (SSSR count). The Morgan fingerprint density at radius 2 is 1.55 bits per heavy atom. The highest BCUT2D eigenvalue weighted by molar-refractivity contribution is 5.97. The summed E-state index contributed by atoms with van der Waals surface area (Å²) < 4.78 is 0. The zero-order valence-electron chi connectivity index (χ0n) is 17.0. The Morgan fingerprint density at radius 3 is 2.17 bits per heavy atom. The number of rotatable bonds is 7. The van der Waals surface area contributed by atoms with Crippen LogP contribution in [0.3, 0.4) is 0 Å². The van der Waals surface area contributed by atoms with Gasteiger partial charge in [-0.2, -0.15) is 0 Å². The molecular weight excluding hydrogens is 364 g/mol. The first kappa shape index (κ1) is 21.0. The van der Waals surface area contributed by atoms with Gasteiger partial charge in [0, 0.05) is 39.3 Å². The van der Waals surface area contributed by atoms with Crippen molar-refractivity contribution in [2.45, 2.75) is 19.4 Å². The van der Waals surface area contributed by atoms with Crippen LogP contribution < -0.4 is 10.6 Å². The van der Waals surface area contributed by atoms with E-state index >= 15 is 0 Å². The van der Waals surface area contributed by atoms with Crippen LogP contribution in [-0.2, 0) is 11.2 Å². The molecule has 6 nitrogen and oxygen atoms in total. The Labute approximate surface area is 172 Å². The van der Waals surface area contributed by atoms with Crippen molar-refractivity contribution in [3.63, 3.8) is 0 Å². The lowest BCUT2D eigenvalue weighted by atomic mass is 10.0. The van der Waals surface area contributed by atoms with Gasteiger partial charge in [0.15, 0.2) is 0 Å². The number of benzene rings is 2. The first-order chi connectivity index (χ1) is 14.2. The molecule has 154 valence electrons. The molecule has 0 aromatic heterocycles. The summed E-state index contributed by atoms with van der Waals surface area (Å²) in [6.07, 6.45) is 1.03. The van der Waals surface area contributed by atoms with Crippen LogP contribution in [0.25, 0.3) is 0 Å². The predicted molar refractivity (Wildman–Crippen MR) is 115 cm³/mol. The van der Waals surface area contributed by atoms with Crippen LogP contribution in [-0.4, -0.2) is 61.0 Å². The second kappa shape index (κ2) is 10.7. The van der Waals surface area contributed by atoms with E-state index in [1.54, 1.807) is 0 Å². The standard InChI is InChI=1S/C23H30N4O2/c1-2-24-23(29)25-22(28)21(20-11-7-4-8-12-20)27-17-15-26(16-18-27)14-13-19-9-5-3-6-10-19/h3-12,21H,2,13-18H2,1H3,(H2,24,25,28,29). The van der Waals surface area contributed by atoms with Crippen LogP contribution in [0.5, 0.6) is 0 Å². The molecule has 2 aromatic carbocycles. The summed E-state index contributed by atoms with van der Waals surface area (Å²) in [5.74, 6) is -0.278. The highest BCUT2D eigenvalue weighted by Crippen LogP contribution is 2.22. The third-order valence-electron chi connectivity index (χ3n) is 5.27. The van der Waals surface area contributed by atoms with Crippen LogP contribution in [0.1, 0.15) is 24.1 Å².